The summed E-state index contributed by atoms with van der Waals surface area (Å²) in [4.78, 5) is 13.3. The van der Waals surface area contributed by atoms with Gasteiger partial charge in [-0.3, -0.25) is 10.1 Å². The van der Waals surface area contributed by atoms with Gasteiger partial charge in [-0.05, 0) is 29.8 Å². The van der Waals surface area contributed by atoms with Crippen LogP contribution in [0.15, 0.2) is 82.7 Å². The van der Waals surface area contributed by atoms with Gasteiger partial charge in [-0.15, -0.1) is 0 Å². The van der Waals surface area contributed by atoms with Crippen LogP contribution in [0.3, 0.4) is 0 Å². The minimum atomic E-state index is -4.06. The number of hydrogen-bond acceptors (Lipinski definition) is 5. The maximum atomic E-state index is 13.4. The molecule has 1 N–H and O–H groups in total. The van der Waals surface area contributed by atoms with Crippen molar-refractivity contribution in [3.63, 3.8) is 0 Å². The summed E-state index contributed by atoms with van der Waals surface area (Å²) >= 11 is 0. The van der Waals surface area contributed by atoms with Crippen LogP contribution >= 0.6 is 0 Å². The smallest absolute Gasteiger partial charge is 0.270 e. The zero-order chi connectivity index (χ0) is 20.6. The number of aromatic nitrogens is 1. The monoisotopic (exact) mass is 408 g/mol. The van der Waals surface area contributed by atoms with Crippen LogP contribution < -0.4 is 4.74 Å². The highest BCUT2D eigenvalue weighted by atomic mass is 32.2. The highest BCUT2D eigenvalue weighted by Gasteiger charge is 2.28. The predicted octanol–water partition coefficient (Wildman–Crippen LogP) is 4.58. The van der Waals surface area contributed by atoms with Crippen molar-refractivity contribution in [3.05, 3.63) is 82.9 Å². The fourth-order valence-electron chi connectivity index (χ4n) is 3.25. The second-order valence-corrected chi connectivity index (χ2v) is 8.25. The summed E-state index contributed by atoms with van der Waals surface area (Å²) in [5.74, 6) is 0.591. The molecule has 4 aromatic rings. The van der Waals surface area contributed by atoms with Gasteiger partial charge in [0, 0.05) is 28.6 Å². The molecule has 7 nitrogen and oxygen atoms in total. The van der Waals surface area contributed by atoms with Crippen LogP contribution in [0.5, 0.6) is 5.75 Å². The van der Waals surface area contributed by atoms with Crippen LogP contribution in [0.25, 0.3) is 22.0 Å². The molecule has 0 bridgehead atoms. The van der Waals surface area contributed by atoms with E-state index in [1.165, 1.54) is 25.3 Å². The second kappa shape index (κ2) is 7.06. The number of nitro benzene ring substituents is 1. The molecule has 0 unspecified atom stereocenters. The minimum Gasteiger partial charge on any atom is -0.497 e. The number of H-pyrrole nitrogens is 1. The zero-order valence-electron chi connectivity index (χ0n) is 15.3. The SMILES string of the molecule is COc1ccc2[nH]c(S(=O)(=O)c3cccc([N+](=O)[O-])c3)c(-c3ccccc3)c2c1. The number of non-ortho nitro benzene ring substituents is 1. The van der Waals surface area contributed by atoms with Gasteiger partial charge in [-0.1, -0.05) is 36.4 Å². The Morgan fingerprint density at radius 3 is 2.41 bits per heavy atom. The number of nitrogens with zero attached hydrogens (tertiary/aromatic N) is 1. The normalized spacial score (nSPS) is 11.5. The number of nitrogens with one attached hydrogen (secondary N) is 1. The maximum absolute atomic E-state index is 13.4. The van der Waals surface area contributed by atoms with Crippen LogP contribution in [0, 0.1) is 10.1 Å². The van der Waals surface area contributed by atoms with Crippen LogP contribution in [0.2, 0.25) is 0 Å². The number of benzene rings is 3. The van der Waals surface area contributed by atoms with Gasteiger partial charge < -0.3 is 9.72 Å². The Balaban J connectivity index is 2.03. The molecule has 3 aromatic carbocycles. The molecular weight excluding hydrogens is 392 g/mol. The van der Waals surface area contributed by atoms with Gasteiger partial charge in [-0.25, -0.2) is 8.42 Å². The van der Waals surface area contributed by atoms with Crippen molar-refractivity contribution in [3.8, 4) is 16.9 Å². The molecule has 29 heavy (non-hydrogen) atoms. The van der Waals surface area contributed by atoms with E-state index < -0.39 is 14.8 Å². The second-order valence-electron chi connectivity index (χ2n) is 6.36. The van der Waals surface area contributed by atoms with Crippen molar-refractivity contribution < 1.29 is 18.1 Å². The fourth-order valence-corrected chi connectivity index (χ4v) is 4.76. The summed E-state index contributed by atoms with van der Waals surface area (Å²) in [6.07, 6.45) is 0. The first-order valence-corrected chi connectivity index (χ1v) is 10.1. The summed E-state index contributed by atoms with van der Waals surface area (Å²) in [5.41, 5.74) is 1.53. The molecule has 0 fully saturated rings. The summed E-state index contributed by atoms with van der Waals surface area (Å²) in [7, 11) is -2.52. The van der Waals surface area contributed by atoms with E-state index in [1.807, 2.05) is 30.3 Å². The molecule has 0 saturated heterocycles. The first kappa shape index (κ1) is 18.7. The molecule has 1 heterocycles. The van der Waals surface area contributed by atoms with Crippen molar-refractivity contribution in [2.75, 3.05) is 7.11 Å². The molecule has 0 saturated carbocycles. The molecule has 146 valence electrons. The number of fused-ring (bicyclic) bond motifs is 1. The van der Waals surface area contributed by atoms with Crippen LogP contribution in [0.4, 0.5) is 5.69 Å². The van der Waals surface area contributed by atoms with Crippen LogP contribution in [0.1, 0.15) is 0 Å². The third kappa shape index (κ3) is 3.23. The molecule has 0 amide bonds. The number of hydrogen-bond donors (Lipinski definition) is 1. The van der Waals surface area contributed by atoms with E-state index in [0.717, 1.165) is 6.07 Å². The largest absolute Gasteiger partial charge is 0.497 e. The first-order valence-electron chi connectivity index (χ1n) is 8.66. The highest BCUT2D eigenvalue weighted by molar-refractivity contribution is 7.91. The molecule has 0 aliphatic rings. The standard InChI is InChI=1S/C21H16N2O5S/c1-28-16-10-11-19-18(13-16)20(14-6-3-2-4-7-14)21(22-19)29(26,27)17-9-5-8-15(12-17)23(24)25/h2-13,22H,1H3. The van der Waals surface area contributed by atoms with E-state index in [9.17, 15) is 18.5 Å². The van der Waals surface area contributed by atoms with Crippen LogP contribution in [-0.2, 0) is 9.84 Å². The number of rotatable bonds is 5. The topological polar surface area (TPSA) is 102 Å². The van der Waals surface area contributed by atoms with Crippen LogP contribution in [-0.4, -0.2) is 25.4 Å². The van der Waals surface area contributed by atoms with E-state index in [-0.39, 0.29) is 15.6 Å². The number of nitro groups is 1. The average Bonchev–Trinajstić information content (AvgIpc) is 3.14. The first-order chi connectivity index (χ1) is 13.9. The summed E-state index contributed by atoms with van der Waals surface area (Å²) in [6, 6.07) is 19.4. The molecule has 4 rings (SSSR count). The molecule has 0 atom stereocenters. The fraction of sp³-hybridized carbons (Fsp3) is 0.0476. The average molecular weight is 408 g/mol. The third-order valence-corrected chi connectivity index (χ3v) is 6.36. The van der Waals surface area contributed by atoms with Crippen molar-refractivity contribution in [2.45, 2.75) is 9.92 Å². The van der Waals surface area contributed by atoms with E-state index in [4.69, 9.17) is 4.74 Å². The zero-order valence-corrected chi connectivity index (χ0v) is 16.1. The molecule has 1 aromatic heterocycles. The van der Waals surface area contributed by atoms with Gasteiger partial charge in [-0.2, -0.15) is 0 Å². The number of methoxy groups -OCH3 is 1. The van der Waals surface area contributed by atoms with E-state index in [0.29, 0.717) is 27.8 Å². The van der Waals surface area contributed by atoms with Gasteiger partial charge in [0.15, 0.2) is 0 Å². The summed E-state index contributed by atoms with van der Waals surface area (Å²) < 4.78 is 32.2. The number of sulfone groups is 1. The lowest BCUT2D eigenvalue weighted by atomic mass is 10.0. The molecule has 0 aliphatic carbocycles. The Morgan fingerprint density at radius 2 is 1.72 bits per heavy atom. The Hall–Kier alpha value is -3.65. The Kier molecular flexibility index (Phi) is 4.56. The van der Waals surface area contributed by atoms with Gasteiger partial charge in [0.1, 0.15) is 10.8 Å². The lowest BCUT2D eigenvalue weighted by molar-refractivity contribution is -0.385. The number of ether oxygens (including phenoxy) is 1. The lowest BCUT2D eigenvalue weighted by Gasteiger charge is -2.07. The van der Waals surface area contributed by atoms with Crippen molar-refractivity contribution in [2.24, 2.45) is 0 Å². The van der Waals surface area contributed by atoms with Gasteiger partial charge in [0.2, 0.25) is 9.84 Å². The molecular formula is C21H16N2O5S. The number of aromatic amines is 1. The van der Waals surface area contributed by atoms with Gasteiger partial charge in [0.05, 0.1) is 16.9 Å². The van der Waals surface area contributed by atoms with E-state index in [1.54, 1.807) is 18.2 Å². The molecule has 0 aliphatic heterocycles. The lowest BCUT2D eigenvalue weighted by Crippen LogP contribution is -2.04. The van der Waals surface area contributed by atoms with E-state index in [2.05, 4.69) is 4.98 Å². The predicted molar refractivity (Wildman–Crippen MR) is 109 cm³/mol. The Labute approximate surface area is 166 Å². The minimum absolute atomic E-state index is 0.0209. The maximum Gasteiger partial charge on any atom is 0.270 e. The van der Waals surface area contributed by atoms with Crippen molar-refractivity contribution in [1.82, 2.24) is 4.98 Å². The van der Waals surface area contributed by atoms with Gasteiger partial charge in [0.25, 0.3) is 5.69 Å². The molecule has 8 heteroatoms. The quantitative estimate of drug-likeness (QED) is 0.384. The molecule has 0 radical (unpaired) electrons. The van der Waals surface area contributed by atoms with Crippen molar-refractivity contribution >= 4 is 26.4 Å². The van der Waals surface area contributed by atoms with E-state index >= 15 is 0 Å². The van der Waals surface area contributed by atoms with Gasteiger partial charge >= 0.3 is 0 Å². The van der Waals surface area contributed by atoms with Crippen molar-refractivity contribution in [1.29, 1.82) is 0 Å². The highest BCUT2D eigenvalue weighted by Crippen LogP contribution is 2.39. The third-order valence-electron chi connectivity index (χ3n) is 4.64. The Morgan fingerprint density at radius 1 is 0.966 bits per heavy atom. The Bertz CT molecular complexity index is 1330. The molecule has 0 spiro atoms. The summed E-state index contributed by atoms with van der Waals surface area (Å²) in [6.45, 7) is 0. The summed E-state index contributed by atoms with van der Waals surface area (Å²) in [5, 5.41) is 11.8.